The molecule has 0 aliphatic heterocycles. The van der Waals surface area contributed by atoms with E-state index in [4.69, 9.17) is 0 Å². The fraction of sp³-hybridized carbons (Fsp3) is 0.118. The van der Waals surface area contributed by atoms with Crippen molar-refractivity contribution < 1.29 is 28.8 Å². The second-order valence-corrected chi connectivity index (χ2v) is 5.00. The van der Waals surface area contributed by atoms with Crippen LogP contribution in [-0.2, 0) is 9.47 Å². The minimum atomic E-state index is -0.732. The first-order valence-electron chi connectivity index (χ1n) is 7.24. The van der Waals surface area contributed by atoms with Gasteiger partial charge in [-0.25, -0.2) is 9.59 Å². The predicted octanol–water partition coefficient (Wildman–Crippen LogP) is 2.42. The third kappa shape index (κ3) is 4.01. The van der Waals surface area contributed by atoms with Gasteiger partial charge < -0.3 is 14.8 Å². The lowest BCUT2D eigenvalue weighted by Gasteiger charge is -2.08. The zero-order chi connectivity index (χ0) is 19.3. The summed E-state index contributed by atoms with van der Waals surface area (Å²) in [5.41, 5.74) is -0.0989. The molecule has 2 aromatic rings. The van der Waals surface area contributed by atoms with Gasteiger partial charge in [-0.2, -0.15) is 0 Å². The van der Waals surface area contributed by atoms with E-state index in [1.54, 1.807) is 0 Å². The number of nitro benzene ring substituents is 1. The van der Waals surface area contributed by atoms with E-state index < -0.39 is 28.5 Å². The summed E-state index contributed by atoms with van der Waals surface area (Å²) in [5.74, 6) is -1.90. The van der Waals surface area contributed by atoms with Gasteiger partial charge in [0.25, 0.3) is 11.6 Å². The lowest BCUT2D eigenvalue weighted by Crippen LogP contribution is -2.14. The maximum absolute atomic E-state index is 12.3. The van der Waals surface area contributed by atoms with Crippen molar-refractivity contribution in [2.75, 3.05) is 19.5 Å². The molecular weight excluding hydrogens is 344 g/mol. The van der Waals surface area contributed by atoms with E-state index in [0.29, 0.717) is 0 Å². The summed E-state index contributed by atoms with van der Waals surface area (Å²) in [7, 11) is 2.39. The number of amides is 1. The summed E-state index contributed by atoms with van der Waals surface area (Å²) >= 11 is 0. The number of nitro groups is 1. The second-order valence-electron chi connectivity index (χ2n) is 5.00. The Kier molecular flexibility index (Phi) is 5.63. The molecule has 0 aliphatic carbocycles. The first kappa shape index (κ1) is 18.6. The summed E-state index contributed by atoms with van der Waals surface area (Å²) in [6.07, 6.45) is 0. The van der Waals surface area contributed by atoms with Crippen LogP contribution in [0.15, 0.2) is 42.5 Å². The molecular formula is C17H14N2O7. The Labute approximate surface area is 147 Å². The molecule has 0 aromatic heterocycles. The predicted molar refractivity (Wildman–Crippen MR) is 90.2 cm³/mol. The number of anilines is 1. The molecule has 0 saturated heterocycles. The van der Waals surface area contributed by atoms with Crippen molar-refractivity contribution in [3.8, 4) is 0 Å². The third-order valence-corrected chi connectivity index (χ3v) is 3.43. The van der Waals surface area contributed by atoms with Crippen molar-refractivity contribution in [2.45, 2.75) is 0 Å². The van der Waals surface area contributed by atoms with Crippen LogP contribution in [0.1, 0.15) is 31.1 Å². The van der Waals surface area contributed by atoms with Crippen LogP contribution in [0.25, 0.3) is 0 Å². The van der Waals surface area contributed by atoms with Crippen LogP contribution in [0.2, 0.25) is 0 Å². The fourth-order valence-corrected chi connectivity index (χ4v) is 2.10. The van der Waals surface area contributed by atoms with Gasteiger partial charge >= 0.3 is 11.9 Å². The average Bonchev–Trinajstić information content (AvgIpc) is 2.66. The number of hydrogen-bond donors (Lipinski definition) is 1. The maximum Gasteiger partial charge on any atom is 0.338 e. The molecule has 1 N–H and O–H groups in total. The van der Waals surface area contributed by atoms with E-state index in [0.717, 1.165) is 13.2 Å². The minimum Gasteiger partial charge on any atom is -0.465 e. The Hall–Kier alpha value is -3.75. The third-order valence-electron chi connectivity index (χ3n) is 3.43. The highest BCUT2D eigenvalue weighted by atomic mass is 16.6. The van der Waals surface area contributed by atoms with Crippen molar-refractivity contribution in [2.24, 2.45) is 0 Å². The first-order valence-corrected chi connectivity index (χ1v) is 7.24. The van der Waals surface area contributed by atoms with Gasteiger partial charge in [0, 0.05) is 11.6 Å². The number of esters is 2. The smallest absolute Gasteiger partial charge is 0.338 e. The Morgan fingerprint density at radius 2 is 1.38 bits per heavy atom. The van der Waals surface area contributed by atoms with Crippen LogP contribution in [-0.4, -0.2) is 37.0 Å². The Bertz CT molecular complexity index is 875. The number of carbonyl (C=O) groups is 3. The van der Waals surface area contributed by atoms with Gasteiger partial charge in [-0.15, -0.1) is 0 Å². The molecule has 0 heterocycles. The van der Waals surface area contributed by atoms with Crippen molar-refractivity contribution in [1.29, 1.82) is 0 Å². The number of ether oxygens (including phenoxy) is 2. The fourth-order valence-electron chi connectivity index (χ4n) is 2.10. The van der Waals surface area contributed by atoms with E-state index >= 15 is 0 Å². The number of methoxy groups -OCH3 is 2. The number of nitrogens with one attached hydrogen (secondary N) is 1. The SMILES string of the molecule is COC(=O)c1ccc(C(=O)Nc2ccc(C(=O)OC)cc2[N+](=O)[O-])cc1. The van der Waals surface area contributed by atoms with E-state index in [-0.39, 0.29) is 22.4 Å². The van der Waals surface area contributed by atoms with Crippen LogP contribution in [0.5, 0.6) is 0 Å². The molecule has 2 rings (SSSR count). The van der Waals surface area contributed by atoms with Gasteiger partial charge in [-0.1, -0.05) is 0 Å². The van der Waals surface area contributed by atoms with Crippen LogP contribution < -0.4 is 5.32 Å². The Balaban J connectivity index is 2.26. The lowest BCUT2D eigenvalue weighted by molar-refractivity contribution is -0.383. The van der Waals surface area contributed by atoms with Gasteiger partial charge in [-0.3, -0.25) is 14.9 Å². The highest BCUT2D eigenvalue weighted by molar-refractivity contribution is 6.06. The zero-order valence-electron chi connectivity index (χ0n) is 13.8. The van der Waals surface area contributed by atoms with Gasteiger partial charge in [0.05, 0.1) is 30.3 Å². The van der Waals surface area contributed by atoms with Gasteiger partial charge in [0.15, 0.2) is 0 Å². The number of benzene rings is 2. The summed E-state index contributed by atoms with van der Waals surface area (Å²) in [6, 6.07) is 9.12. The van der Waals surface area contributed by atoms with Crippen molar-refractivity contribution in [3.05, 3.63) is 69.3 Å². The van der Waals surface area contributed by atoms with Crippen molar-refractivity contribution in [3.63, 3.8) is 0 Å². The number of carbonyl (C=O) groups excluding carboxylic acids is 3. The normalized spacial score (nSPS) is 9.92. The monoisotopic (exact) mass is 358 g/mol. The number of nitrogens with zero attached hydrogens (tertiary/aromatic N) is 1. The van der Waals surface area contributed by atoms with Gasteiger partial charge in [0.1, 0.15) is 5.69 Å². The summed E-state index contributed by atoms with van der Waals surface area (Å²) in [6.45, 7) is 0. The maximum atomic E-state index is 12.3. The summed E-state index contributed by atoms with van der Waals surface area (Å²) in [4.78, 5) is 45.6. The second kappa shape index (κ2) is 7.88. The zero-order valence-corrected chi connectivity index (χ0v) is 13.8. The summed E-state index contributed by atoms with van der Waals surface area (Å²) in [5, 5.41) is 13.6. The lowest BCUT2D eigenvalue weighted by atomic mass is 10.1. The van der Waals surface area contributed by atoms with Gasteiger partial charge in [0.2, 0.25) is 0 Å². The van der Waals surface area contributed by atoms with E-state index in [9.17, 15) is 24.5 Å². The largest absolute Gasteiger partial charge is 0.465 e. The Morgan fingerprint density at radius 1 is 0.885 bits per heavy atom. The van der Waals surface area contributed by atoms with E-state index in [1.807, 2.05) is 0 Å². The minimum absolute atomic E-state index is 0.0142. The van der Waals surface area contributed by atoms with E-state index in [2.05, 4.69) is 14.8 Å². The highest BCUT2D eigenvalue weighted by Crippen LogP contribution is 2.26. The average molecular weight is 358 g/mol. The molecule has 0 fully saturated rings. The molecule has 0 aliphatic rings. The molecule has 0 saturated carbocycles. The van der Waals surface area contributed by atoms with Crippen LogP contribution in [0.4, 0.5) is 11.4 Å². The number of rotatable bonds is 5. The molecule has 26 heavy (non-hydrogen) atoms. The molecule has 0 unspecified atom stereocenters. The van der Waals surface area contributed by atoms with Crippen LogP contribution in [0, 0.1) is 10.1 Å². The van der Waals surface area contributed by atoms with Crippen LogP contribution >= 0.6 is 0 Å². The Morgan fingerprint density at radius 3 is 1.92 bits per heavy atom. The quantitative estimate of drug-likeness (QED) is 0.494. The molecule has 9 nitrogen and oxygen atoms in total. The molecule has 0 bridgehead atoms. The number of hydrogen-bond acceptors (Lipinski definition) is 7. The molecule has 0 radical (unpaired) electrons. The summed E-state index contributed by atoms with van der Waals surface area (Å²) < 4.78 is 9.08. The molecule has 2 aromatic carbocycles. The van der Waals surface area contributed by atoms with Crippen LogP contribution in [0.3, 0.4) is 0 Å². The highest BCUT2D eigenvalue weighted by Gasteiger charge is 2.20. The van der Waals surface area contributed by atoms with Crippen molar-refractivity contribution in [1.82, 2.24) is 0 Å². The standard InChI is InChI=1S/C17H14N2O7/c1-25-16(21)11-5-3-10(4-6-11)15(20)18-13-8-7-12(17(22)26-2)9-14(13)19(23)24/h3-9H,1-2H3,(H,18,20). The molecule has 9 heteroatoms. The first-order chi connectivity index (χ1) is 12.4. The molecule has 0 spiro atoms. The molecule has 0 atom stereocenters. The van der Waals surface area contributed by atoms with E-state index in [1.165, 1.54) is 43.5 Å². The van der Waals surface area contributed by atoms with Gasteiger partial charge in [-0.05, 0) is 36.4 Å². The van der Waals surface area contributed by atoms with Crippen molar-refractivity contribution >= 4 is 29.2 Å². The molecule has 1 amide bonds. The molecule has 134 valence electrons. The topological polar surface area (TPSA) is 125 Å².